The summed E-state index contributed by atoms with van der Waals surface area (Å²) in [5.74, 6) is 0.470. The Morgan fingerprint density at radius 2 is 2.00 bits per heavy atom. The van der Waals surface area contributed by atoms with Gasteiger partial charge in [0.1, 0.15) is 6.10 Å². The molecule has 1 aromatic heterocycles. The highest BCUT2D eigenvalue weighted by atomic mass is 16.3. The van der Waals surface area contributed by atoms with Crippen LogP contribution in [0.2, 0.25) is 0 Å². The van der Waals surface area contributed by atoms with Crippen molar-refractivity contribution in [3.05, 3.63) is 24.3 Å². The standard InChI is InChI=1S/C6H8N2O/c1-5(9)6-7-3-2-4-8-6/h2-5,9H,1H3/t5-/m0/s1. The van der Waals surface area contributed by atoms with E-state index in [1.807, 2.05) is 0 Å². The molecular weight excluding hydrogens is 116 g/mol. The maximum Gasteiger partial charge on any atom is 0.156 e. The maximum absolute atomic E-state index is 8.90. The molecule has 1 atom stereocenters. The molecule has 0 aromatic carbocycles. The van der Waals surface area contributed by atoms with Gasteiger partial charge in [0.2, 0.25) is 0 Å². The van der Waals surface area contributed by atoms with Crippen molar-refractivity contribution in [2.45, 2.75) is 13.0 Å². The average molecular weight is 124 g/mol. The lowest BCUT2D eigenvalue weighted by Crippen LogP contribution is -1.96. The SMILES string of the molecule is C[C@H](O)c1ncccn1. The molecule has 48 valence electrons. The molecule has 1 N–H and O–H groups in total. The monoisotopic (exact) mass is 124 g/mol. The maximum atomic E-state index is 8.90. The zero-order valence-electron chi connectivity index (χ0n) is 5.15. The molecule has 1 heterocycles. The van der Waals surface area contributed by atoms with Crippen molar-refractivity contribution < 1.29 is 5.11 Å². The van der Waals surface area contributed by atoms with Gasteiger partial charge in [-0.3, -0.25) is 0 Å². The first-order valence-corrected chi connectivity index (χ1v) is 2.75. The third-order valence-electron chi connectivity index (χ3n) is 0.959. The van der Waals surface area contributed by atoms with Gasteiger partial charge >= 0.3 is 0 Å². The number of rotatable bonds is 1. The molecule has 1 aromatic rings. The summed E-state index contributed by atoms with van der Waals surface area (Å²) in [4.78, 5) is 7.63. The van der Waals surface area contributed by atoms with Crippen LogP contribution in [0.15, 0.2) is 18.5 Å². The van der Waals surface area contributed by atoms with E-state index in [0.29, 0.717) is 5.82 Å². The normalized spacial score (nSPS) is 13.1. The Hall–Kier alpha value is -0.960. The van der Waals surface area contributed by atoms with Gasteiger partial charge in [-0.25, -0.2) is 9.97 Å². The molecule has 0 aliphatic rings. The van der Waals surface area contributed by atoms with Gasteiger partial charge in [-0.15, -0.1) is 0 Å². The van der Waals surface area contributed by atoms with Crippen LogP contribution in [0.4, 0.5) is 0 Å². The number of hydrogen-bond acceptors (Lipinski definition) is 3. The molecule has 0 fully saturated rings. The number of aromatic nitrogens is 2. The lowest BCUT2D eigenvalue weighted by molar-refractivity contribution is 0.189. The Morgan fingerprint density at radius 1 is 1.44 bits per heavy atom. The molecule has 0 bridgehead atoms. The summed E-state index contributed by atoms with van der Waals surface area (Å²) < 4.78 is 0. The summed E-state index contributed by atoms with van der Waals surface area (Å²) in [5.41, 5.74) is 0. The highest BCUT2D eigenvalue weighted by Gasteiger charge is 1.99. The van der Waals surface area contributed by atoms with E-state index in [4.69, 9.17) is 5.11 Å². The number of nitrogens with zero attached hydrogens (tertiary/aromatic N) is 2. The zero-order valence-corrected chi connectivity index (χ0v) is 5.15. The van der Waals surface area contributed by atoms with Crippen LogP contribution in [0.5, 0.6) is 0 Å². The van der Waals surface area contributed by atoms with E-state index in [1.54, 1.807) is 25.4 Å². The van der Waals surface area contributed by atoms with Gasteiger partial charge in [-0.2, -0.15) is 0 Å². The van der Waals surface area contributed by atoms with Crippen LogP contribution >= 0.6 is 0 Å². The van der Waals surface area contributed by atoms with E-state index in [-0.39, 0.29) is 0 Å². The van der Waals surface area contributed by atoms with Crippen LogP contribution in [0.1, 0.15) is 18.9 Å². The Kier molecular flexibility index (Phi) is 1.75. The Labute approximate surface area is 53.4 Å². The van der Waals surface area contributed by atoms with Crippen LogP contribution in [0.25, 0.3) is 0 Å². The highest BCUT2D eigenvalue weighted by molar-refractivity contribution is 4.90. The topological polar surface area (TPSA) is 46.0 Å². The van der Waals surface area contributed by atoms with E-state index in [2.05, 4.69) is 9.97 Å². The second-order valence-electron chi connectivity index (χ2n) is 1.78. The summed E-state index contributed by atoms with van der Waals surface area (Å²) in [5, 5.41) is 8.90. The van der Waals surface area contributed by atoms with E-state index >= 15 is 0 Å². The van der Waals surface area contributed by atoms with Crippen molar-refractivity contribution in [2.24, 2.45) is 0 Å². The zero-order chi connectivity index (χ0) is 6.69. The second-order valence-corrected chi connectivity index (χ2v) is 1.78. The largest absolute Gasteiger partial charge is 0.385 e. The minimum absolute atomic E-state index is 0.470. The van der Waals surface area contributed by atoms with Crippen LogP contribution < -0.4 is 0 Å². The van der Waals surface area contributed by atoms with Gasteiger partial charge in [0.05, 0.1) is 0 Å². The van der Waals surface area contributed by atoms with Gasteiger partial charge in [0.15, 0.2) is 5.82 Å². The van der Waals surface area contributed by atoms with Gasteiger partial charge < -0.3 is 5.11 Å². The lowest BCUT2D eigenvalue weighted by atomic mass is 10.4. The number of aliphatic hydroxyl groups is 1. The quantitative estimate of drug-likeness (QED) is 0.594. The van der Waals surface area contributed by atoms with Crippen molar-refractivity contribution in [3.8, 4) is 0 Å². The van der Waals surface area contributed by atoms with Gasteiger partial charge in [-0.1, -0.05) is 0 Å². The number of aliphatic hydroxyl groups excluding tert-OH is 1. The minimum Gasteiger partial charge on any atom is -0.385 e. The fourth-order valence-electron chi connectivity index (χ4n) is 0.526. The van der Waals surface area contributed by atoms with Crippen LogP contribution in [0, 0.1) is 0 Å². The third kappa shape index (κ3) is 1.47. The fourth-order valence-corrected chi connectivity index (χ4v) is 0.526. The van der Waals surface area contributed by atoms with Crippen molar-refractivity contribution in [1.82, 2.24) is 9.97 Å². The van der Waals surface area contributed by atoms with Gasteiger partial charge in [0.25, 0.3) is 0 Å². The predicted molar refractivity (Wildman–Crippen MR) is 32.7 cm³/mol. The molecule has 3 nitrogen and oxygen atoms in total. The average Bonchev–Trinajstić information content (AvgIpc) is 1.90. The smallest absolute Gasteiger partial charge is 0.156 e. The highest BCUT2D eigenvalue weighted by Crippen LogP contribution is 2.01. The first-order chi connectivity index (χ1) is 4.30. The molecule has 0 spiro atoms. The summed E-state index contributed by atoms with van der Waals surface area (Å²) in [6.07, 6.45) is 2.65. The summed E-state index contributed by atoms with van der Waals surface area (Å²) in [6, 6.07) is 1.71. The summed E-state index contributed by atoms with van der Waals surface area (Å²) in [6.45, 7) is 1.63. The molecule has 0 amide bonds. The molecule has 0 saturated heterocycles. The Morgan fingerprint density at radius 3 is 2.33 bits per heavy atom. The van der Waals surface area contributed by atoms with Gasteiger partial charge in [-0.05, 0) is 13.0 Å². The fraction of sp³-hybridized carbons (Fsp3) is 0.333. The van der Waals surface area contributed by atoms with E-state index in [1.165, 1.54) is 0 Å². The van der Waals surface area contributed by atoms with Crippen molar-refractivity contribution >= 4 is 0 Å². The van der Waals surface area contributed by atoms with Crippen LogP contribution in [-0.4, -0.2) is 15.1 Å². The molecule has 0 aliphatic heterocycles. The third-order valence-corrected chi connectivity index (χ3v) is 0.959. The molecular formula is C6H8N2O. The molecule has 0 aliphatic carbocycles. The summed E-state index contributed by atoms with van der Waals surface area (Å²) >= 11 is 0. The number of hydrogen-bond donors (Lipinski definition) is 1. The van der Waals surface area contributed by atoms with E-state index < -0.39 is 6.10 Å². The molecule has 3 heteroatoms. The molecule has 0 unspecified atom stereocenters. The van der Waals surface area contributed by atoms with Crippen LogP contribution in [0.3, 0.4) is 0 Å². The minimum atomic E-state index is -0.564. The first kappa shape index (κ1) is 6.16. The van der Waals surface area contributed by atoms with Crippen molar-refractivity contribution in [3.63, 3.8) is 0 Å². The predicted octanol–water partition coefficient (Wildman–Crippen LogP) is 0.530. The van der Waals surface area contributed by atoms with E-state index in [9.17, 15) is 0 Å². The molecule has 1 rings (SSSR count). The van der Waals surface area contributed by atoms with Gasteiger partial charge in [0, 0.05) is 12.4 Å². The Bertz CT molecular complexity index is 174. The van der Waals surface area contributed by atoms with E-state index in [0.717, 1.165) is 0 Å². The molecule has 0 radical (unpaired) electrons. The molecule has 0 saturated carbocycles. The molecule has 9 heavy (non-hydrogen) atoms. The Balaban J connectivity index is 2.85. The lowest BCUT2D eigenvalue weighted by Gasteiger charge is -1.98. The van der Waals surface area contributed by atoms with Crippen molar-refractivity contribution in [1.29, 1.82) is 0 Å². The first-order valence-electron chi connectivity index (χ1n) is 2.75. The summed E-state index contributed by atoms with van der Waals surface area (Å²) in [7, 11) is 0. The second kappa shape index (κ2) is 2.55. The van der Waals surface area contributed by atoms with Crippen molar-refractivity contribution in [2.75, 3.05) is 0 Å². The van der Waals surface area contributed by atoms with Crippen LogP contribution in [-0.2, 0) is 0 Å².